The van der Waals surface area contributed by atoms with Gasteiger partial charge in [0.15, 0.2) is 0 Å². The van der Waals surface area contributed by atoms with Crippen molar-refractivity contribution in [1.82, 2.24) is 0 Å². The molecular weight excluding hydrogens is 280 g/mol. The maximum Gasteiger partial charge on any atom is 0.0795 e. The number of hydrogen-bond donors (Lipinski definition) is 2. The summed E-state index contributed by atoms with van der Waals surface area (Å²) in [6, 6.07) is 6.12. The normalized spacial score (nSPS) is 36.2. The highest BCUT2D eigenvalue weighted by molar-refractivity contribution is 9.10. The minimum absolute atomic E-state index is 0.168. The number of hydrogen-bond acceptors (Lipinski definition) is 2. The van der Waals surface area contributed by atoms with Crippen LogP contribution in [0.2, 0.25) is 0 Å². The van der Waals surface area contributed by atoms with E-state index in [0.717, 1.165) is 35.7 Å². The molecule has 0 heterocycles. The van der Waals surface area contributed by atoms with Crippen LogP contribution in [0.15, 0.2) is 22.7 Å². The van der Waals surface area contributed by atoms with Crippen LogP contribution in [0.5, 0.6) is 0 Å². The zero-order chi connectivity index (χ0) is 12.0. The molecule has 1 saturated carbocycles. The summed E-state index contributed by atoms with van der Waals surface area (Å²) in [5.41, 5.74) is 2.30. The second kappa shape index (κ2) is 4.38. The van der Waals surface area contributed by atoms with Crippen molar-refractivity contribution >= 4 is 15.9 Å². The summed E-state index contributed by atoms with van der Waals surface area (Å²) in [4.78, 5) is 0. The van der Waals surface area contributed by atoms with Gasteiger partial charge in [-0.15, -0.1) is 0 Å². The molecule has 0 aromatic heterocycles. The van der Waals surface area contributed by atoms with Gasteiger partial charge in [0.05, 0.1) is 12.2 Å². The molecule has 3 heteroatoms. The third-order valence-corrected chi connectivity index (χ3v) is 4.79. The molecule has 0 amide bonds. The Kier molecular flexibility index (Phi) is 3.01. The molecule has 0 radical (unpaired) electrons. The quantitative estimate of drug-likeness (QED) is 0.772. The van der Waals surface area contributed by atoms with Crippen molar-refractivity contribution in [3.8, 4) is 0 Å². The van der Waals surface area contributed by atoms with Crippen molar-refractivity contribution in [2.24, 2.45) is 5.92 Å². The number of rotatable bonds is 0. The zero-order valence-corrected chi connectivity index (χ0v) is 11.2. The Bertz CT molecular complexity index is 432. The SMILES string of the molecule is OC1CC[C@H]2CC(O)c3ccc(Br)cc3[C@H]2C1. The first-order valence-electron chi connectivity index (χ1n) is 6.30. The van der Waals surface area contributed by atoms with Gasteiger partial charge in [-0.3, -0.25) is 0 Å². The third kappa shape index (κ3) is 2.05. The Balaban J connectivity index is 2.03. The Morgan fingerprint density at radius 1 is 1.06 bits per heavy atom. The van der Waals surface area contributed by atoms with E-state index in [0.29, 0.717) is 11.8 Å². The van der Waals surface area contributed by atoms with Crippen LogP contribution in [0.4, 0.5) is 0 Å². The predicted molar refractivity (Wildman–Crippen MR) is 69.8 cm³/mol. The van der Waals surface area contributed by atoms with E-state index in [1.54, 1.807) is 0 Å². The van der Waals surface area contributed by atoms with E-state index < -0.39 is 0 Å². The van der Waals surface area contributed by atoms with E-state index in [2.05, 4.69) is 22.0 Å². The van der Waals surface area contributed by atoms with E-state index >= 15 is 0 Å². The van der Waals surface area contributed by atoms with E-state index in [1.165, 1.54) is 5.56 Å². The first-order valence-corrected chi connectivity index (χ1v) is 7.10. The van der Waals surface area contributed by atoms with Crippen LogP contribution in [-0.4, -0.2) is 16.3 Å². The highest BCUT2D eigenvalue weighted by Crippen LogP contribution is 2.49. The predicted octanol–water partition coefficient (Wildman–Crippen LogP) is 3.13. The number of fused-ring (bicyclic) bond motifs is 3. The molecule has 2 aliphatic carbocycles. The molecule has 0 saturated heterocycles. The van der Waals surface area contributed by atoms with Gasteiger partial charge < -0.3 is 10.2 Å². The van der Waals surface area contributed by atoms with Gasteiger partial charge in [0.1, 0.15) is 0 Å². The van der Waals surface area contributed by atoms with Crippen molar-refractivity contribution in [3.63, 3.8) is 0 Å². The minimum atomic E-state index is -0.324. The van der Waals surface area contributed by atoms with Crippen LogP contribution in [0.25, 0.3) is 0 Å². The molecule has 1 fully saturated rings. The fourth-order valence-corrected chi connectivity index (χ4v) is 3.84. The summed E-state index contributed by atoms with van der Waals surface area (Å²) in [5, 5.41) is 20.0. The average molecular weight is 297 g/mol. The van der Waals surface area contributed by atoms with E-state index in [4.69, 9.17) is 0 Å². The minimum Gasteiger partial charge on any atom is -0.393 e. The van der Waals surface area contributed by atoms with Gasteiger partial charge >= 0.3 is 0 Å². The van der Waals surface area contributed by atoms with Crippen LogP contribution < -0.4 is 0 Å². The highest BCUT2D eigenvalue weighted by Gasteiger charge is 2.37. The lowest BCUT2D eigenvalue weighted by atomic mass is 9.66. The zero-order valence-electron chi connectivity index (χ0n) is 9.64. The number of halogens is 1. The lowest BCUT2D eigenvalue weighted by Gasteiger charge is -2.41. The summed E-state index contributed by atoms with van der Waals surface area (Å²) >= 11 is 3.50. The molecule has 4 atom stereocenters. The van der Waals surface area contributed by atoms with Crippen LogP contribution in [0.3, 0.4) is 0 Å². The second-order valence-corrected chi connectivity index (χ2v) is 6.27. The molecule has 2 unspecified atom stereocenters. The summed E-state index contributed by atoms with van der Waals surface area (Å²) < 4.78 is 1.06. The second-order valence-electron chi connectivity index (χ2n) is 5.36. The standard InChI is InChI=1S/C14H17BrO2/c15-9-2-4-11-13(6-9)12-7-10(16)3-1-8(12)5-14(11)17/h2,4,6,8,10,12,14,16-17H,1,3,5,7H2/t8-,10?,12-,14?/m0/s1. The molecule has 2 nitrogen and oxygen atoms in total. The van der Waals surface area contributed by atoms with Gasteiger partial charge in [-0.25, -0.2) is 0 Å². The number of benzene rings is 1. The van der Waals surface area contributed by atoms with Gasteiger partial charge in [-0.05, 0) is 60.8 Å². The van der Waals surface area contributed by atoms with Crippen molar-refractivity contribution in [3.05, 3.63) is 33.8 Å². The van der Waals surface area contributed by atoms with Crippen LogP contribution in [0, 0.1) is 5.92 Å². The highest BCUT2D eigenvalue weighted by atomic mass is 79.9. The first-order chi connectivity index (χ1) is 8.15. The molecular formula is C14H17BrO2. The third-order valence-electron chi connectivity index (χ3n) is 4.30. The molecule has 0 spiro atoms. The van der Waals surface area contributed by atoms with Crippen molar-refractivity contribution in [1.29, 1.82) is 0 Å². The monoisotopic (exact) mass is 296 g/mol. The molecule has 2 N–H and O–H groups in total. The summed E-state index contributed by atoms with van der Waals surface area (Å²) in [7, 11) is 0. The number of aliphatic hydroxyl groups excluding tert-OH is 2. The van der Waals surface area contributed by atoms with Crippen LogP contribution in [0.1, 0.15) is 48.8 Å². The molecule has 17 heavy (non-hydrogen) atoms. The van der Waals surface area contributed by atoms with Crippen molar-refractivity contribution in [2.75, 3.05) is 0 Å². The number of aliphatic hydroxyl groups is 2. The lowest BCUT2D eigenvalue weighted by Crippen LogP contribution is -2.31. The van der Waals surface area contributed by atoms with E-state index in [-0.39, 0.29) is 12.2 Å². The smallest absolute Gasteiger partial charge is 0.0795 e. The van der Waals surface area contributed by atoms with E-state index in [9.17, 15) is 10.2 Å². The summed E-state index contributed by atoms with van der Waals surface area (Å²) in [6.45, 7) is 0. The van der Waals surface area contributed by atoms with E-state index in [1.807, 2.05) is 12.1 Å². The molecule has 92 valence electrons. The molecule has 1 aromatic rings. The molecule has 2 aliphatic rings. The first kappa shape index (κ1) is 11.7. The Morgan fingerprint density at radius 3 is 2.71 bits per heavy atom. The largest absolute Gasteiger partial charge is 0.393 e. The lowest BCUT2D eigenvalue weighted by molar-refractivity contribution is 0.0531. The Labute approximate surface area is 110 Å². The maximum absolute atomic E-state index is 10.2. The van der Waals surface area contributed by atoms with Crippen molar-refractivity contribution < 1.29 is 10.2 Å². The molecule has 3 rings (SSSR count). The average Bonchev–Trinajstić information content (AvgIpc) is 2.30. The maximum atomic E-state index is 10.2. The van der Waals surface area contributed by atoms with Gasteiger partial charge in [-0.1, -0.05) is 22.0 Å². The summed E-state index contributed by atoms with van der Waals surface area (Å²) in [5.74, 6) is 0.963. The van der Waals surface area contributed by atoms with Gasteiger partial charge in [0.25, 0.3) is 0 Å². The Hall–Kier alpha value is -0.380. The molecule has 1 aromatic carbocycles. The van der Waals surface area contributed by atoms with Gasteiger partial charge in [-0.2, -0.15) is 0 Å². The van der Waals surface area contributed by atoms with Crippen LogP contribution in [-0.2, 0) is 0 Å². The topological polar surface area (TPSA) is 40.5 Å². The van der Waals surface area contributed by atoms with Gasteiger partial charge in [0, 0.05) is 4.47 Å². The fourth-order valence-electron chi connectivity index (χ4n) is 3.46. The Morgan fingerprint density at radius 2 is 1.88 bits per heavy atom. The van der Waals surface area contributed by atoms with Crippen LogP contribution >= 0.6 is 15.9 Å². The summed E-state index contributed by atoms with van der Waals surface area (Å²) in [6.07, 6.45) is 3.13. The van der Waals surface area contributed by atoms with Gasteiger partial charge in [0.2, 0.25) is 0 Å². The van der Waals surface area contributed by atoms with Crippen molar-refractivity contribution in [2.45, 2.75) is 43.8 Å². The molecule has 0 bridgehead atoms. The molecule has 0 aliphatic heterocycles. The fraction of sp³-hybridized carbons (Fsp3) is 0.571.